The van der Waals surface area contributed by atoms with E-state index < -0.39 is 59.5 Å². The number of ether oxygens (including phenoxy) is 1. The predicted octanol–water partition coefficient (Wildman–Crippen LogP) is 9.80. The van der Waals surface area contributed by atoms with Gasteiger partial charge in [0.1, 0.15) is 23.3 Å². The van der Waals surface area contributed by atoms with Gasteiger partial charge >= 0.3 is 12.0 Å². The summed E-state index contributed by atoms with van der Waals surface area (Å²) in [6.45, 7) is 3.90. The van der Waals surface area contributed by atoms with Crippen LogP contribution in [0.4, 0.5) is 10.5 Å². The van der Waals surface area contributed by atoms with E-state index in [-0.39, 0.29) is 11.7 Å². The zero-order valence-electron chi connectivity index (χ0n) is 40.2. The third-order valence-electron chi connectivity index (χ3n) is 14.8. The Morgan fingerprint density at radius 2 is 1.35 bits per heavy atom. The number of hydrogen-bond donors (Lipinski definition) is 2. The number of imide groups is 1. The van der Waals surface area contributed by atoms with Crippen LogP contribution >= 0.6 is 0 Å². The molecule has 1 spiro atoms. The number of urea groups is 1. The van der Waals surface area contributed by atoms with Crippen LogP contribution in [-0.2, 0) is 31.1 Å². The lowest BCUT2D eigenvalue weighted by atomic mass is 9.64. The van der Waals surface area contributed by atoms with Crippen LogP contribution in [-0.4, -0.2) is 76.3 Å². The van der Waals surface area contributed by atoms with Crippen LogP contribution in [0.3, 0.4) is 0 Å². The number of phenols is 1. The van der Waals surface area contributed by atoms with E-state index >= 15 is 19.2 Å². The van der Waals surface area contributed by atoms with Crippen LogP contribution < -0.4 is 10.2 Å². The molecule has 360 valence electrons. The molecule has 0 aromatic heterocycles. The summed E-state index contributed by atoms with van der Waals surface area (Å²) in [7, 11) is 2.01. The maximum atomic E-state index is 16.8. The molecule has 7 atom stereocenters. The number of rotatable bonds is 9. The second-order valence-electron chi connectivity index (χ2n) is 19.4. The highest BCUT2D eigenvalue weighted by atomic mass is 16.6. The Morgan fingerprint density at radius 1 is 0.746 bits per heavy atom. The smallest absolute Gasteiger partial charge is 0.329 e. The first-order valence-corrected chi connectivity index (χ1v) is 24.9. The van der Waals surface area contributed by atoms with Crippen molar-refractivity contribution in [3.05, 3.63) is 203 Å². The number of esters is 1. The van der Waals surface area contributed by atoms with Gasteiger partial charge < -0.3 is 20.1 Å². The highest BCUT2D eigenvalue weighted by molar-refractivity contribution is 6.24. The van der Waals surface area contributed by atoms with E-state index in [2.05, 4.69) is 34.2 Å². The largest absolute Gasteiger partial charge is 0.508 e. The molecular weight excluding hydrogens is 887 g/mol. The van der Waals surface area contributed by atoms with Crippen molar-refractivity contribution in [3.8, 4) is 17.6 Å². The molecule has 0 bridgehead atoms. The highest BCUT2D eigenvalue weighted by Gasteiger charge is 2.76. The maximum absolute atomic E-state index is 16.8. The van der Waals surface area contributed by atoms with E-state index in [0.717, 1.165) is 54.4 Å². The van der Waals surface area contributed by atoms with Gasteiger partial charge in [0.05, 0.1) is 36.3 Å². The zero-order valence-corrected chi connectivity index (χ0v) is 40.2. The van der Waals surface area contributed by atoms with Crippen LogP contribution in [0.25, 0.3) is 0 Å². The van der Waals surface area contributed by atoms with Crippen molar-refractivity contribution in [2.24, 2.45) is 5.92 Å². The van der Waals surface area contributed by atoms with E-state index in [1.54, 1.807) is 30.3 Å². The lowest BCUT2D eigenvalue weighted by molar-refractivity contribution is -0.179. The highest BCUT2D eigenvalue weighted by Crippen LogP contribution is 2.66. The van der Waals surface area contributed by atoms with Gasteiger partial charge in [0, 0.05) is 25.2 Å². The van der Waals surface area contributed by atoms with Gasteiger partial charge in [-0.15, -0.1) is 0 Å². The summed E-state index contributed by atoms with van der Waals surface area (Å²) in [6, 6.07) is 46.9. The SMILES string of the molecule is CC(NC(=O)N1C(=O)C2(c3cc(C#CCN(C)Cc4ccccc4)ccc31)C(C(=O)N1CCCCCCC1)C1C(=O)OC(c3ccccc3)C(c3ccccc3)N1C2c1ccc(O)cc1)c1ccccc1. The molecule has 11 nitrogen and oxygen atoms in total. The lowest BCUT2D eigenvalue weighted by Crippen LogP contribution is -2.57. The molecule has 0 aliphatic carbocycles. The van der Waals surface area contributed by atoms with Gasteiger partial charge in [-0.3, -0.25) is 24.2 Å². The van der Waals surface area contributed by atoms with Gasteiger partial charge in [0.25, 0.3) is 0 Å². The molecular formula is C60H59N5O6. The minimum atomic E-state index is -1.91. The third kappa shape index (κ3) is 8.99. The fourth-order valence-corrected chi connectivity index (χ4v) is 11.6. The minimum absolute atomic E-state index is 0.00859. The Balaban J connectivity index is 1.21. The zero-order chi connectivity index (χ0) is 49.1. The quantitative estimate of drug-likeness (QED) is 0.109. The number of carbonyl (C=O) groups excluding carboxylic acids is 4. The number of morpholine rings is 1. The Kier molecular flexibility index (Phi) is 13.6. The van der Waals surface area contributed by atoms with Gasteiger partial charge in [-0.2, -0.15) is 0 Å². The number of fused-ring (bicyclic) bond motifs is 3. The van der Waals surface area contributed by atoms with Crippen molar-refractivity contribution in [2.75, 3.05) is 31.6 Å². The molecule has 7 unspecified atom stereocenters. The predicted molar refractivity (Wildman–Crippen MR) is 273 cm³/mol. The van der Waals surface area contributed by atoms with E-state index in [1.807, 2.05) is 145 Å². The van der Waals surface area contributed by atoms with Crippen LogP contribution in [0.2, 0.25) is 0 Å². The van der Waals surface area contributed by atoms with Gasteiger partial charge in [-0.1, -0.05) is 165 Å². The summed E-state index contributed by atoms with van der Waals surface area (Å²) in [5.74, 6) is 3.75. The number of nitrogens with one attached hydrogen (secondary N) is 1. The number of cyclic esters (lactones) is 1. The third-order valence-corrected chi connectivity index (χ3v) is 14.8. The number of aromatic hydroxyl groups is 1. The molecule has 4 heterocycles. The summed E-state index contributed by atoms with van der Waals surface area (Å²) in [5.41, 5.74) is 3.53. The standard InChI is InChI=1S/C60H59N5O6/c1-41(44-24-12-7-13-25-44)61-59(70)64-50-35-30-42(23-20-36-62(2)40-43-21-10-6-11-22-43)39-49(50)60(58(64)69)51(56(67)63-37-18-4-3-5-19-38-63)53-57(68)71-54(46-28-16-9-17-29-46)52(45-26-14-8-15-27-45)65(53)55(60)47-31-33-48(66)34-32-47/h6-17,21-22,24-35,39,41,51-55,66H,3-5,18-19,36-38,40H2,1-2H3,(H,61,70). The number of nitrogens with zero attached hydrogens (tertiary/aromatic N) is 4. The molecule has 0 saturated carbocycles. The van der Waals surface area contributed by atoms with Gasteiger partial charge in [-0.25, -0.2) is 9.69 Å². The van der Waals surface area contributed by atoms with E-state index in [0.29, 0.717) is 48.6 Å². The Morgan fingerprint density at radius 3 is 2.01 bits per heavy atom. The Labute approximate surface area is 416 Å². The van der Waals surface area contributed by atoms with Gasteiger partial charge in [0.2, 0.25) is 11.8 Å². The van der Waals surface area contributed by atoms with Gasteiger partial charge in [-0.05, 0) is 90.5 Å². The van der Waals surface area contributed by atoms with Crippen molar-refractivity contribution >= 4 is 29.5 Å². The fourth-order valence-electron chi connectivity index (χ4n) is 11.6. The molecule has 6 aromatic rings. The molecule has 6 aromatic carbocycles. The second kappa shape index (κ2) is 20.4. The topological polar surface area (TPSA) is 123 Å². The number of carbonyl (C=O) groups is 4. The summed E-state index contributed by atoms with van der Waals surface area (Å²) >= 11 is 0. The number of benzene rings is 6. The first-order valence-electron chi connectivity index (χ1n) is 24.9. The molecule has 0 radical (unpaired) electrons. The van der Waals surface area contributed by atoms with E-state index in [4.69, 9.17) is 4.74 Å². The normalized spacial score (nSPS) is 23.5. The number of anilines is 1. The van der Waals surface area contributed by atoms with Crippen molar-refractivity contribution in [1.29, 1.82) is 0 Å². The van der Waals surface area contributed by atoms with Crippen molar-refractivity contribution in [3.63, 3.8) is 0 Å². The molecule has 3 saturated heterocycles. The number of hydrogen-bond acceptors (Lipinski definition) is 8. The lowest BCUT2D eigenvalue weighted by Gasteiger charge is -2.46. The van der Waals surface area contributed by atoms with Crippen LogP contribution in [0.1, 0.15) is 102 Å². The van der Waals surface area contributed by atoms with E-state index in [9.17, 15) is 5.11 Å². The van der Waals surface area contributed by atoms with Crippen molar-refractivity contribution in [1.82, 2.24) is 20.0 Å². The minimum Gasteiger partial charge on any atom is -0.508 e. The summed E-state index contributed by atoms with van der Waals surface area (Å²) < 4.78 is 6.69. The molecule has 71 heavy (non-hydrogen) atoms. The molecule has 4 aliphatic heterocycles. The molecule has 4 aliphatic rings. The van der Waals surface area contributed by atoms with Crippen LogP contribution in [0.5, 0.6) is 5.75 Å². The fraction of sp³-hybridized carbons (Fsp3) is 0.300. The Hall–Kier alpha value is -7.52. The van der Waals surface area contributed by atoms with Crippen LogP contribution in [0, 0.1) is 17.8 Å². The number of phenolic OH excluding ortho intramolecular Hbond substituents is 1. The number of likely N-dealkylation sites (tertiary alicyclic amines) is 1. The monoisotopic (exact) mass is 945 g/mol. The second-order valence-corrected chi connectivity index (χ2v) is 19.4. The van der Waals surface area contributed by atoms with Crippen molar-refractivity contribution in [2.45, 2.75) is 81.3 Å². The molecule has 3 fully saturated rings. The van der Waals surface area contributed by atoms with Gasteiger partial charge in [0.15, 0.2) is 0 Å². The first kappa shape index (κ1) is 47.2. The average molecular weight is 946 g/mol. The molecule has 4 amide bonds. The summed E-state index contributed by atoms with van der Waals surface area (Å²) in [4.78, 5) is 71.0. The number of amides is 4. The Bertz CT molecular complexity index is 2940. The summed E-state index contributed by atoms with van der Waals surface area (Å²) in [6.07, 6.45) is 3.62. The van der Waals surface area contributed by atoms with E-state index in [1.165, 1.54) is 4.90 Å². The maximum Gasteiger partial charge on any atom is 0.329 e. The molecule has 2 N–H and O–H groups in total. The average Bonchev–Trinajstić information content (AvgIpc) is 3.83. The summed E-state index contributed by atoms with van der Waals surface area (Å²) in [5, 5.41) is 14.0. The molecule has 11 heteroatoms. The van der Waals surface area contributed by atoms with Crippen molar-refractivity contribution < 1.29 is 29.0 Å². The first-order chi connectivity index (χ1) is 34.6. The van der Waals surface area contributed by atoms with Crippen LogP contribution in [0.15, 0.2) is 164 Å². The molecule has 10 rings (SSSR count).